The summed E-state index contributed by atoms with van der Waals surface area (Å²) in [5.74, 6) is 0.775. The summed E-state index contributed by atoms with van der Waals surface area (Å²) in [5, 5.41) is 3.64. The number of oxime groups is 1. The number of halogens is 1. The van der Waals surface area contributed by atoms with Crippen molar-refractivity contribution < 1.29 is 19.1 Å². The number of nitrogens with zero attached hydrogens (tertiary/aromatic N) is 1. The molecule has 1 aliphatic rings. The van der Waals surface area contributed by atoms with Crippen molar-refractivity contribution >= 4 is 33.7 Å². The number of hydrogen-bond acceptors (Lipinski definition) is 5. The fourth-order valence-electron chi connectivity index (χ4n) is 1.79. The van der Waals surface area contributed by atoms with E-state index in [1.165, 1.54) is 0 Å². The van der Waals surface area contributed by atoms with E-state index in [-0.39, 0.29) is 0 Å². The summed E-state index contributed by atoms with van der Waals surface area (Å²) >= 11 is 3.44. The Hall–Kier alpha value is -1.82. The topological polar surface area (TPSA) is 57.1 Å². The van der Waals surface area contributed by atoms with E-state index in [0.29, 0.717) is 29.4 Å². The molecule has 0 unspecified atom stereocenters. The first-order valence-electron chi connectivity index (χ1n) is 6.05. The Morgan fingerprint density at radius 3 is 2.75 bits per heavy atom. The van der Waals surface area contributed by atoms with E-state index in [2.05, 4.69) is 25.9 Å². The van der Waals surface area contributed by atoms with Crippen molar-refractivity contribution in [2.75, 3.05) is 13.7 Å². The predicted molar refractivity (Wildman–Crippen MR) is 79.0 cm³/mol. The Kier molecular flexibility index (Phi) is 4.44. The molecule has 0 amide bonds. The molecule has 20 heavy (non-hydrogen) atoms. The highest BCUT2D eigenvalue weighted by atomic mass is 79.9. The molecule has 6 heteroatoms. The van der Waals surface area contributed by atoms with Crippen LogP contribution < -0.4 is 9.47 Å². The summed E-state index contributed by atoms with van der Waals surface area (Å²) < 4.78 is 11.6. The summed E-state index contributed by atoms with van der Waals surface area (Å²) in [6.07, 6.45) is 1.71. The molecule has 0 radical (unpaired) electrons. The van der Waals surface area contributed by atoms with Gasteiger partial charge >= 0.3 is 5.97 Å². The highest BCUT2D eigenvalue weighted by Crippen LogP contribution is 2.37. The predicted octanol–water partition coefficient (Wildman–Crippen LogP) is 3.17. The second kappa shape index (κ2) is 6.09. The second-order valence-electron chi connectivity index (χ2n) is 4.08. The molecule has 2 rings (SSSR count). The Balaban J connectivity index is 2.44. The monoisotopic (exact) mass is 339 g/mol. The van der Waals surface area contributed by atoms with Crippen molar-refractivity contribution in [3.05, 3.63) is 27.7 Å². The molecule has 0 N–H and O–H groups in total. The molecule has 0 saturated heterocycles. The van der Waals surface area contributed by atoms with Gasteiger partial charge in [-0.1, -0.05) is 5.16 Å². The molecule has 0 spiro atoms. The van der Waals surface area contributed by atoms with Crippen LogP contribution in [0, 0.1) is 0 Å². The van der Waals surface area contributed by atoms with Crippen molar-refractivity contribution in [3.63, 3.8) is 0 Å². The maximum atomic E-state index is 11.5. The van der Waals surface area contributed by atoms with Crippen LogP contribution in [0.3, 0.4) is 0 Å². The van der Waals surface area contributed by atoms with Gasteiger partial charge in [0.2, 0.25) is 0 Å². The summed E-state index contributed by atoms with van der Waals surface area (Å²) in [4.78, 5) is 16.1. The zero-order valence-electron chi connectivity index (χ0n) is 11.4. The SMILES string of the molecule is CCOc1c(Br)cc(C=C2C(=O)ON=C2C)cc1OC. The van der Waals surface area contributed by atoms with Gasteiger partial charge in [0.05, 0.1) is 29.5 Å². The first-order chi connectivity index (χ1) is 9.56. The minimum absolute atomic E-state index is 0.433. The molecule has 0 bridgehead atoms. The Bertz CT molecular complexity index is 607. The van der Waals surface area contributed by atoms with Crippen LogP contribution in [0.25, 0.3) is 6.08 Å². The van der Waals surface area contributed by atoms with E-state index in [0.717, 1.165) is 10.0 Å². The zero-order chi connectivity index (χ0) is 14.7. The van der Waals surface area contributed by atoms with Crippen LogP contribution in [0.2, 0.25) is 0 Å². The van der Waals surface area contributed by atoms with Crippen molar-refractivity contribution in [2.45, 2.75) is 13.8 Å². The second-order valence-corrected chi connectivity index (χ2v) is 4.93. The van der Waals surface area contributed by atoms with Crippen LogP contribution in [0.15, 0.2) is 27.3 Å². The third kappa shape index (κ3) is 2.85. The Morgan fingerprint density at radius 1 is 1.45 bits per heavy atom. The van der Waals surface area contributed by atoms with E-state index in [4.69, 9.17) is 9.47 Å². The van der Waals surface area contributed by atoms with Gasteiger partial charge in [-0.3, -0.25) is 0 Å². The first-order valence-corrected chi connectivity index (χ1v) is 6.84. The number of hydrogen-bond donors (Lipinski definition) is 0. The average molecular weight is 340 g/mol. The molecule has 0 aliphatic carbocycles. The third-order valence-electron chi connectivity index (χ3n) is 2.73. The maximum Gasteiger partial charge on any atom is 0.367 e. The summed E-state index contributed by atoms with van der Waals surface area (Å²) in [5.41, 5.74) is 1.78. The lowest BCUT2D eigenvalue weighted by atomic mass is 10.1. The quantitative estimate of drug-likeness (QED) is 0.624. The number of carbonyl (C=O) groups excluding carboxylic acids is 1. The van der Waals surface area contributed by atoms with Gasteiger partial charge in [-0.15, -0.1) is 0 Å². The van der Waals surface area contributed by atoms with E-state index >= 15 is 0 Å². The standard InChI is InChI=1S/C14H14BrNO4/c1-4-19-13-11(15)6-9(7-12(13)18-3)5-10-8(2)16-20-14(10)17/h5-7H,4H2,1-3H3. The molecule has 1 aromatic rings. The smallest absolute Gasteiger partial charge is 0.367 e. The third-order valence-corrected chi connectivity index (χ3v) is 3.32. The Morgan fingerprint density at radius 2 is 2.20 bits per heavy atom. The molecule has 0 atom stereocenters. The van der Waals surface area contributed by atoms with Crippen LogP contribution in [0.4, 0.5) is 0 Å². The number of methoxy groups -OCH3 is 1. The highest BCUT2D eigenvalue weighted by molar-refractivity contribution is 9.10. The maximum absolute atomic E-state index is 11.5. The highest BCUT2D eigenvalue weighted by Gasteiger charge is 2.22. The van der Waals surface area contributed by atoms with Crippen LogP contribution >= 0.6 is 15.9 Å². The summed E-state index contributed by atoms with van der Waals surface area (Å²) in [6, 6.07) is 3.64. The fraction of sp³-hybridized carbons (Fsp3) is 0.286. The number of ether oxygens (including phenoxy) is 2. The molecule has 0 aromatic heterocycles. The minimum Gasteiger partial charge on any atom is -0.493 e. The summed E-state index contributed by atoms with van der Waals surface area (Å²) in [6.45, 7) is 4.15. The van der Waals surface area contributed by atoms with E-state index < -0.39 is 5.97 Å². The van der Waals surface area contributed by atoms with Crippen molar-refractivity contribution in [1.82, 2.24) is 0 Å². The average Bonchev–Trinajstić information content (AvgIpc) is 2.73. The minimum atomic E-state index is -0.452. The molecule has 1 aromatic carbocycles. The molecule has 0 saturated carbocycles. The van der Waals surface area contributed by atoms with E-state index in [9.17, 15) is 4.79 Å². The Labute approximate surface area is 125 Å². The van der Waals surface area contributed by atoms with Crippen molar-refractivity contribution in [3.8, 4) is 11.5 Å². The van der Waals surface area contributed by atoms with E-state index in [1.54, 1.807) is 26.2 Å². The van der Waals surface area contributed by atoms with Gasteiger partial charge in [0, 0.05) is 0 Å². The van der Waals surface area contributed by atoms with Crippen LogP contribution in [-0.2, 0) is 9.63 Å². The number of rotatable bonds is 4. The lowest BCUT2D eigenvalue weighted by molar-refractivity contribution is -0.136. The van der Waals surface area contributed by atoms with Gasteiger partial charge in [-0.05, 0) is 53.5 Å². The van der Waals surface area contributed by atoms with Crippen molar-refractivity contribution in [2.24, 2.45) is 5.16 Å². The number of benzene rings is 1. The summed E-state index contributed by atoms with van der Waals surface area (Å²) in [7, 11) is 1.57. The zero-order valence-corrected chi connectivity index (χ0v) is 13.0. The van der Waals surface area contributed by atoms with Gasteiger partial charge in [0.1, 0.15) is 0 Å². The molecular weight excluding hydrogens is 326 g/mol. The first kappa shape index (κ1) is 14.6. The molecule has 0 fully saturated rings. The van der Waals surface area contributed by atoms with Gasteiger partial charge in [-0.25, -0.2) is 4.79 Å². The number of carbonyl (C=O) groups is 1. The lowest BCUT2D eigenvalue weighted by Crippen LogP contribution is -2.02. The molecule has 5 nitrogen and oxygen atoms in total. The largest absolute Gasteiger partial charge is 0.493 e. The lowest BCUT2D eigenvalue weighted by Gasteiger charge is -2.12. The van der Waals surface area contributed by atoms with Crippen molar-refractivity contribution in [1.29, 1.82) is 0 Å². The normalized spacial score (nSPS) is 16.1. The van der Waals surface area contributed by atoms with Gasteiger partial charge < -0.3 is 14.3 Å². The molecule has 1 heterocycles. The fourth-order valence-corrected chi connectivity index (χ4v) is 2.37. The van der Waals surface area contributed by atoms with Crippen LogP contribution in [-0.4, -0.2) is 25.4 Å². The van der Waals surface area contributed by atoms with Crippen LogP contribution in [0.1, 0.15) is 19.4 Å². The molecule has 1 aliphatic heterocycles. The molecular formula is C14H14BrNO4. The molecule has 106 valence electrons. The van der Waals surface area contributed by atoms with Gasteiger partial charge in [0.25, 0.3) is 0 Å². The van der Waals surface area contributed by atoms with Gasteiger partial charge in [-0.2, -0.15) is 0 Å². The van der Waals surface area contributed by atoms with Gasteiger partial charge in [0.15, 0.2) is 11.5 Å². The van der Waals surface area contributed by atoms with Crippen LogP contribution in [0.5, 0.6) is 11.5 Å². The van der Waals surface area contributed by atoms with E-state index in [1.807, 2.05) is 13.0 Å².